The largest absolute Gasteiger partial charge is 0.472 e. The standard InChI is InChI=1S/C59H94NO7P/c1-3-5-7-9-11-13-15-17-19-21-23-25-27-29-30-32-34-36-38-40-42-44-46-48-50-52-59(61)67-58(57-66-68(62,63)65-55-53-60)56-64-54-51-49-47-45-43-41-39-37-35-33-31-28-26-24-22-20-18-16-14-12-10-8-6-4-2/h5-8,11-14,17-20,23-26,29-31,33-34,36-37,39-40,42,58H,3-4,9-10,15-16,21-22,27-28,32,35,38,41,43-57,60H2,1-2H3,(H,62,63)/b7-5-,8-6-,13-11-,14-12-,19-17-,20-18-,25-23-,26-24-,30-29-,33-31-,36-34-,39-37-,42-40-. The van der Waals surface area contributed by atoms with E-state index in [1.54, 1.807) is 0 Å². The molecule has 0 aliphatic carbocycles. The molecule has 8 nitrogen and oxygen atoms in total. The van der Waals surface area contributed by atoms with Crippen molar-refractivity contribution < 1.29 is 32.8 Å². The van der Waals surface area contributed by atoms with E-state index in [1.165, 1.54) is 0 Å². The van der Waals surface area contributed by atoms with Crippen LogP contribution in [0, 0.1) is 0 Å². The molecule has 2 atom stereocenters. The Morgan fingerprint density at radius 2 is 0.779 bits per heavy atom. The van der Waals surface area contributed by atoms with E-state index >= 15 is 0 Å². The second-order valence-corrected chi connectivity index (χ2v) is 17.7. The molecular formula is C59H94NO7P. The van der Waals surface area contributed by atoms with Gasteiger partial charge in [-0.25, -0.2) is 4.57 Å². The highest BCUT2D eigenvalue weighted by Crippen LogP contribution is 2.43. The average molecular weight is 960 g/mol. The first kappa shape index (κ1) is 64.1. The van der Waals surface area contributed by atoms with Gasteiger partial charge in [0.05, 0.1) is 19.8 Å². The van der Waals surface area contributed by atoms with Crippen LogP contribution in [0.1, 0.15) is 168 Å². The van der Waals surface area contributed by atoms with Gasteiger partial charge in [0, 0.05) is 19.6 Å². The lowest BCUT2D eigenvalue weighted by atomic mass is 10.1. The second kappa shape index (κ2) is 54.1. The number of rotatable bonds is 47. The van der Waals surface area contributed by atoms with E-state index in [0.717, 1.165) is 141 Å². The number of nitrogens with two attached hydrogens (primary N) is 1. The summed E-state index contributed by atoms with van der Waals surface area (Å²) in [6.45, 7) is 4.55. The molecule has 0 bridgehead atoms. The van der Waals surface area contributed by atoms with Crippen molar-refractivity contribution in [3.05, 3.63) is 158 Å². The van der Waals surface area contributed by atoms with Crippen LogP contribution >= 0.6 is 7.82 Å². The molecule has 0 saturated heterocycles. The molecule has 0 fully saturated rings. The van der Waals surface area contributed by atoms with Crippen LogP contribution in [0.3, 0.4) is 0 Å². The second-order valence-electron chi connectivity index (χ2n) is 16.3. The minimum absolute atomic E-state index is 0.0763. The molecular weight excluding hydrogens is 866 g/mol. The average Bonchev–Trinajstić information content (AvgIpc) is 3.33. The SMILES string of the molecule is CC/C=C\C/C=C\C/C=C\C/C=C\C/C=C\C/C=C\C/C=C\CCCCCC(=O)OC(COCCCCCCC/C=C\C/C=C\C/C=C\C/C=C\C/C=C\C/C=C\CC)COP(=O)(O)OCCN. The van der Waals surface area contributed by atoms with E-state index in [9.17, 15) is 14.3 Å². The van der Waals surface area contributed by atoms with Gasteiger partial charge in [-0.05, 0) is 122 Å². The molecule has 0 aromatic carbocycles. The molecule has 0 aromatic rings. The van der Waals surface area contributed by atoms with E-state index in [2.05, 4.69) is 172 Å². The lowest BCUT2D eigenvalue weighted by Gasteiger charge is -2.20. The van der Waals surface area contributed by atoms with Gasteiger partial charge < -0.3 is 20.1 Å². The number of phosphoric acid groups is 1. The summed E-state index contributed by atoms with van der Waals surface area (Å²) in [5, 5.41) is 0. The Morgan fingerprint density at radius 3 is 1.16 bits per heavy atom. The van der Waals surface area contributed by atoms with Crippen LogP contribution in [0.15, 0.2) is 158 Å². The summed E-state index contributed by atoms with van der Waals surface area (Å²) in [6.07, 6.45) is 79.9. The quantitative estimate of drug-likeness (QED) is 0.0268. The maximum Gasteiger partial charge on any atom is 0.472 e. The topological polar surface area (TPSA) is 117 Å². The number of allylic oxidation sites excluding steroid dienone is 26. The van der Waals surface area contributed by atoms with E-state index in [-0.39, 0.29) is 38.8 Å². The van der Waals surface area contributed by atoms with Crippen LogP contribution in [0.25, 0.3) is 0 Å². The Kier molecular flexibility index (Phi) is 51.0. The Hall–Kier alpha value is -3.88. The summed E-state index contributed by atoms with van der Waals surface area (Å²) in [6, 6.07) is 0. The molecule has 0 radical (unpaired) electrons. The van der Waals surface area contributed by atoms with Crippen LogP contribution in [0.4, 0.5) is 0 Å². The summed E-state index contributed by atoms with van der Waals surface area (Å²) in [4.78, 5) is 22.6. The molecule has 0 amide bonds. The molecule has 3 N–H and O–H groups in total. The molecule has 68 heavy (non-hydrogen) atoms. The Bertz CT molecular complexity index is 1590. The van der Waals surface area contributed by atoms with Crippen molar-refractivity contribution >= 4 is 13.8 Å². The summed E-state index contributed by atoms with van der Waals surface area (Å²) in [5.74, 6) is -0.377. The number of ether oxygens (including phenoxy) is 2. The number of phosphoric ester groups is 1. The normalized spacial score (nSPS) is 14.6. The zero-order valence-electron chi connectivity index (χ0n) is 42.5. The molecule has 382 valence electrons. The first-order chi connectivity index (χ1) is 33.4. The Labute approximate surface area is 415 Å². The van der Waals surface area contributed by atoms with Gasteiger partial charge in [0.15, 0.2) is 0 Å². The van der Waals surface area contributed by atoms with Crippen molar-refractivity contribution in [2.24, 2.45) is 5.73 Å². The van der Waals surface area contributed by atoms with Crippen molar-refractivity contribution in [3.8, 4) is 0 Å². The lowest BCUT2D eigenvalue weighted by molar-refractivity contribution is -0.154. The first-order valence-electron chi connectivity index (χ1n) is 26.0. The minimum atomic E-state index is -4.31. The number of hydrogen-bond acceptors (Lipinski definition) is 7. The van der Waals surface area contributed by atoms with E-state index in [0.29, 0.717) is 13.0 Å². The van der Waals surface area contributed by atoms with Crippen molar-refractivity contribution in [1.29, 1.82) is 0 Å². The van der Waals surface area contributed by atoms with Gasteiger partial charge in [0.2, 0.25) is 0 Å². The minimum Gasteiger partial charge on any atom is -0.457 e. The molecule has 0 aliphatic heterocycles. The third-order valence-corrected chi connectivity index (χ3v) is 10.9. The third-order valence-electron chi connectivity index (χ3n) is 9.94. The fraction of sp³-hybridized carbons (Fsp3) is 0.542. The number of unbranched alkanes of at least 4 members (excludes halogenated alkanes) is 8. The molecule has 0 aromatic heterocycles. The van der Waals surface area contributed by atoms with Gasteiger partial charge in [-0.2, -0.15) is 0 Å². The highest BCUT2D eigenvalue weighted by atomic mass is 31.2. The number of esters is 1. The lowest BCUT2D eigenvalue weighted by Crippen LogP contribution is -2.28. The summed E-state index contributed by atoms with van der Waals surface area (Å²) in [5.41, 5.74) is 5.39. The van der Waals surface area contributed by atoms with Gasteiger partial charge in [-0.1, -0.05) is 198 Å². The van der Waals surface area contributed by atoms with Gasteiger partial charge in [-0.3, -0.25) is 13.8 Å². The van der Waals surface area contributed by atoms with Crippen molar-refractivity contribution in [3.63, 3.8) is 0 Å². The molecule has 0 aliphatic rings. The Balaban J connectivity index is 4.14. The van der Waals surface area contributed by atoms with E-state index in [4.69, 9.17) is 24.3 Å². The van der Waals surface area contributed by atoms with Gasteiger partial charge in [0.25, 0.3) is 0 Å². The fourth-order valence-corrected chi connectivity index (χ4v) is 6.98. The molecule has 0 rings (SSSR count). The number of hydrogen-bond donors (Lipinski definition) is 2. The summed E-state index contributed by atoms with van der Waals surface area (Å²) >= 11 is 0. The van der Waals surface area contributed by atoms with Crippen molar-refractivity contribution in [2.75, 3.05) is 33.0 Å². The zero-order chi connectivity index (χ0) is 49.4. The molecule has 9 heteroatoms. The first-order valence-corrected chi connectivity index (χ1v) is 27.5. The van der Waals surface area contributed by atoms with Gasteiger partial charge in [-0.15, -0.1) is 0 Å². The highest BCUT2D eigenvalue weighted by Gasteiger charge is 2.25. The predicted octanol–water partition coefficient (Wildman–Crippen LogP) is 16.6. The summed E-state index contributed by atoms with van der Waals surface area (Å²) in [7, 11) is -4.31. The summed E-state index contributed by atoms with van der Waals surface area (Å²) < 4.78 is 33.5. The van der Waals surface area contributed by atoms with Gasteiger partial charge >= 0.3 is 13.8 Å². The monoisotopic (exact) mass is 960 g/mol. The Morgan fingerprint density at radius 1 is 0.441 bits per heavy atom. The van der Waals surface area contributed by atoms with E-state index in [1.807, 2.05) is 0 Å². The molecule has 0 spiro atoms. The number of carbonyl (C=O) groups is 1. The van der Waals surface area contributed by atoms with Crippen molar-refractivity contribution in [1.82, 2.24) is 0 Å². The van der Waals surface area contributed by atoms with Crippen LogP contribution in [-0.2, 0) is 27.9 Å². The van der Waals surface area contributed by atoms with E-state index < -0.39 is 13.9 Å². The van der Waals surface area contributed by atoms with Gasteiger partial charge in [0.1, 0.15) is 6.10 Å². The predicted molar refractivity (Wildman–Crippen MR) is 292 cm³/mol. The third kappa shape index (κ3) is 53.1. The van der Waals surface area contributed by atoms with Crippen molar-refractivity contribution in [2.45, 2.75) is 174 Å². The smallest absolute Gasteiger partial charge is 0.457 e. The molecule has 2 unspecified atom stereocenters. The zero-order valence-corrected chi connectivity index (χ0v) is 43.4. The maximum atomic E-state index is 12.7. The van der Waals surface area contributed by atoms with Crippen LogP contribution < -0.4 is 5.73 Å². The fourth-order valence-electron chi connectivity index (χ4n) is 6.21. The van der Waals surface area contributed by atoms with Crippen LogP contribution in [0.5, 0.6) is 0 Å². The maximum absolute atomic E-state index is 12.7. The van der Waals surface area contributed by atoms with Crippen LogP contribution in [-0.4, -0.2) is 49.9 Å². The van der Waals surface area contributed by atoms with Crippen LogP contribution in [0.2, 0.25) is 0 Å². The molecule has 0 heterocycles. The molecule has 0 saturated carbocycles. The number of carbonyl (C=O) groups excluding carboxylic acids is 1. The highest BCUT2D eigenvalue weighted by molar-refractivity contribution is 7.47.